The van der Waals surface area contributed by atoms with Crippen molar-refractivity contribution < 1.29 is 9.21 Å². The molecular weight excluding hydrogens is 328 g/mol. The average Bonchev–Trinajstić information content (AvgIpc) is 3.28. The molecule has 6 nitrogen and oxygen atoms in total. The van der Waals surface area contributed by atoms with Crippen molar-refractivity contribution in [2.75, 3.05) is 27.2 Å². The number of hydrogen-bond donors (Lipinski definition) is 0. The van der Waals surface area contributed by atoms with E-state index in [1.165, 1.54) is 6.42 Å². The van der Waals surface area contributed by atoms with Gasteiger partial charge in [-0.1, -0.05) is 13.3 Å². The number of aromatic nitrogens is 2. The number of likely N-dealkylation sites (tertiary alicyclic amines) is 1. The molecule has 3 rings (SSSR count). The second kappa shape index (κ2) is 8.54. The van der Waals surface area contributed by atoms with E-state index in [0.29, 0.717) is 24.8 Å². The lowest BCUT2D eigenvalue weighted by Gasteiger charge is -2.32. The molecule has 6 heteroatoms. The van der Waals surface area contributed by atoms with Gasteiger partial charge in [-0.05, 0) is 45.5 Å². The number of carbonyl (C=O) groups is 1. The van der Waals surface area contributed by atoms with Crippen molar-refractivity contribution in [3.63, 3.8) is 0 Å². The molecule has 0 bridgehead atoms. The Hall–Kier alpha value is -2.08. The van der Waals surface area contributed by atoms with Crippen molar-refractivity contribution in [3.8, 4) is 0 Å². The van der Waals surface area contributed by atoms with Gasteiger partial charge in [-0.25, -0.2) is 4.98 Å². The highest BCUT2D eigenvalue weighted by atomic mass is 16.4. The van der Waals surface area contributed by atoms with E-state index in [1.807, 2.05) is 36.2 Å². The summed E-state index contributed by atoms with van der Waals surface area (Å²) in [5.41, 5.74) is 0. The minimum Gasteiger partial charge on any atom is -0.455 e. The topological polar surface area (TPSA) is 54.5 Å². The van der Waals surface area contributed by atoms with Gasteiger partial charge >= 0.3 is 0 Å². The summed E-state index contributed by atoms with van der Waals surface area (Å²) >= 11 is 0. The zero-order chi connectivity index (χ0) is 18.5. The quantitative estimate of drug-likeness (QED) is 0.762. The predicted octanol–water partition coefficient (Wildman–Crippen LogP) is 3.36. The summed E-state index contributed by atoms with van der Waals surface area (Å²) in [5.74, 6) is 2.67. The average molecular weight is 358 g/mol. The van der Waals surface area contributed by atoms with Crippen molar-refractivity contribution in [2.24, 2.45) is 0 Å². The van der Waals surface area contributed by atoms with Crippen LogP contribution >= 0.6 is 0 Å². The van der Waals surface area contributed by atoms with E-state index in [0.717, 1.165) is 43.9 Å². The Morgan fingerprint density at radius 1 is 1.38 bits per heavy atom. The highest BCUT2D eigenvalue weighted by Crippen LogP contribution is 2.27. The van der Waals surface area contributed by atoms with Crippen LogP contribution in [0.4, 0.5) is 0 Å². The van der Waals surface area contributed by atoms with Crippen molar-refractivity contribution in [1.82, 2.24) is 19.4 Å². The molecule has 1 amide bonds. The molecule has 3 heterocycles. The fraction of sp³-hybridized carbons (Fsp3) is 0.600. The number of imidazole rings is 1. The van der Waals surface area contributed by atoms with Crippen LogP contribution in [0.5, 0.6) is 0 Å². The molecule has 0 unspecified atom stereocenters. The van der Waals surface area contributed by atoms with Gasteiger partial charge in [0.15, 0.2) is 5.76 Å². The van der Waals surface area contributed by atoms with Gasteiger partial charge in [-0.2, -0.15) is 0 Å². The smallest absolute Gasteiger partial charge is 0.289 e. The van der Waals surface area contributed by atoms with Gasteiger partial charge in [0.05, 0.1) is 6.54 Å². The van der Waals surface area contributed by atoms with E-state index in [-0.39, 0.29) is 5.91 Å². The summed E-state index contributed by atoms with van der Waals surface area (Å²) in [6.07, 6.45) is 8.34. The molecule has 1 saturated heterocycles. The van der Waals surface area contributed by atoms with Gasteiger partial charge in [0.25, 0.3) is 5.91 Å². The third-order valence-electron chi connectivity index (χ3n) is 4.92. The maximum atomic E-state index is 12.9. The molecule has 2 aromatic heterocycles. The summed E-state index contributed by atoms with van der Waals surface area (Å²) < 4.78 is 8.01. The van der Waals surface area contributed by atoms with Crippen LogP contribution in [0.15, 0.2) is 28.9 Å². The third kappa shape index (κ3) is 4.36. The summed E-state index contributed by atoms with van der Waals surface area (Å²) in [6, 6.07) is 3.69. The number of nitrogens with zero attached hydrogens (tertiary/aromatic N) is 4. The lowest BCUT2D eigenvalue weighted by molar-refractivity contribution is 0.0668. The Balaban J connectivity index is 1.67. The number of aryl methyl sites for hydroxylation is 1. The maximum Gasteiger partial charge on any atom is 0.289 e. The molecule has 26 heavy (non-hydrogen) atoms. The molecular formula is C20H30N4O2. The van der Waals surface area contributed by atoms with E-state index in [2.05, 4.69) is 22.7 Å². The Morgan fingerprint density at radius 2 is 2.23 bits per heavy atom. The number of hydrogen-bond acceptors (Lipinski definition) is 4. The molecule has 0 N–H and O–H groups in total. The van der Waals surface area contributed by atoms with Crippen molar-refractivity contribution in [2.45, 2.75) is 51.6 Å². The van der Waals surface area contributed by atoms with Crippen LogP contribution in [-0.2, 0) is 13.1 Å². The van der Waals surface area contributed by atoms with Crippen LogP contribution in [0.1, 0.15) is 60.7 Å². The van der Waals surface area contributed by atoms with Crippen LogP contribution in [-0.4, -0.2) is 52.4 Å². The van der Waals surface area contributed by atoms with E-state index in [4.69, 9.17) is 4.42 Å². The lowest BCUT2D eigenvalue weighted by atomic mass is 9.97. The largest absolute Gasteiger partial charge is 0.455 e. The second-order valence-electron chi connectivity index (χ2n) is 7.43. The summed E-state index contributed by atoms with van der Waals surface area (Å²) in [7, 11) is 3.97. The van der Waals surface area contributed by atoms with Gasteiger partial charge in [0.1, 0.15) is 11.6 Å². The minimum absolute atomic E-state index is 0.00799. The molecule has 2 aromatic rings. The van der Waals surface area contributed by atoms with Gasteiger partial charge in [0, 0.05) is 37.9 Å². The first-order chi connectivity index (χ1) is 12.6. The molecule has 1 aliphatic rings. The molecule has 1 fully saturated rings. The van der Waals surface area contributed by atoms with Crippen LogP contribution in [0.2, 0.25) is 0 Å². The Labute approximate surface area is 155 Å². The number of carbonyl (C=O) groups excluding carboxylic acids is 1. The van der Waals surface area contributed by atoms with Crippen LogP contribution in [0, 0.1) is 0 Å². The second-order valence-corrected chi connectivity index (χ2v) is 7.43. The van der Waals surface area contributed by atoms with E-state index >= 15 is 0 Å². The highest BCUT2D eigenvalue weighted by Gasteiger charge is 2.29. The van der Waals surface area contributed by atoms with Crippen molar-refractivity contribution in [1.29, 1.82) is 0 Å². The summed E-state index contributed by atoms with van der Waals surface area (Å²) in [6.45, 7) is 5.40. The van der Waals surface area contributed by atoms with Crippen molar-refractivity contribution in [3.05, 3.63) is 41.9 Å². The molecule has 0 saturated carbocycles. The molecule has 1 aliphatic heterocycles. The van der Waals surface area contributed by atoms with E-state index in [9.17, 15) is 4.79 Å². The zero-order valence-corrected chi connectivity index (χ0v) is 16.1. The first-order valence-corrected chi connectivity index (χ1v) is 9.62. The molecule has 0 radical (unpaired) electrons. The number of piperidine rings is 1. The van der Waals surface area contributed by atoms with Crippen LogP contribution < -0.4 is 0 Å². The minimum atomic E-state index is -0.00799. The number of amides is 1. The molecule has 142 valence electrons. The number of unbranched alkanes of at least 4 members (excludes halogenated alkanes) is 1. The standard InChI is InChI=1S/C20H30N4O2/c1-4-5-11-23-13-10-21-19(23)16-7-6-12-24(14-16)20(25)18-9-8-17(26-18)15-22(2)3/h8-10,13,16H,4-7,11-12,14-15H2,1-3H3/t16-/m0/s1. The third-order valence-corrected chi connectivity index (χ3v) is 4.92. The van der Waals surface area contributed by atoms with E-state index in [1.54, 1.807) is 6.07 Å². The van der Waals surface area contributed by atoms with Crippen LogP contribution in [0.25, 0.3) is 0 Å². The fourth-order valence-corrected chi connectivity index (χ4v) is 3.62. The van der Waals surface area contributed by atoms with Crippen LogP contribution in [0.3, 0.4) is 0 Å². The Kier molecular flexibility index (Phi) is 6.14. The van der Waals surface area contributed by atoms with Gasteiger partial charge in [-0.3, -0.25) is 4.79 Å². The first-order valence-electron chi connectivity index (χ1n) is 9.62. The molecule has 0 spiro atoms. The molecule has 1 atom stereocenters. The van der Waals surface area contributed by atoms with Gasteiger partial charge in [-0.15, -0.1) is 0 Å². The van der Waals surface area contributed by atoms with E-state index < -0.39 is 0 Å². The summed E-state index contributed by atoms with van der Waals surface area (Å²) in [4.78, 5) is 21.4. The summed E-state index contributed by atoms with van der Waals surface area (Å²) in [5, 5.41) is 0. The maximum absolute atomic E-state index is 12.9. The highest BCUT2D eigenvalue weighted by molar-refractivity contribution is 5.91. The molecule has 0 aromatic carbocycles. The number of furan rings is 1. The SMILES string of the molecule is CCCCn1ccnc1[C@H]1CCCN(C(=O)c2ccc(CN(C)C)o2)C1. The fourth-order valence-electron chi connectivity index (χ4n) is 3.62. The molecule has 0 aliphatic carbocycles. The zero-order valence-electron chi connectivity index (χ0n) is 16.1. The van der Waals surface area contributed by atoms with Crippen molar-refractivity contribution >= 4 is 5.91 Å². The van der Waals surface area contributed by atoms with Gasteiger partial charge in [0.2, 0.25) is 0 Å². The normalized spacial score (nSPS) is 17.8. The number of rotatable bonds is 7. The monoisotopic (exact) mass is 358 g/mol. The first kappa shape index (κ1) is 18.7. The Morgan fingerprint density at radius 3 is 3.00 bits per heavy atom. The predicted molar refractivity (Wildman–Crippen MR) is 101 cm³/mol. The Bertz CT molecular complexity index is 719. The van der Waals surface area contributed by atoms with Gasteiger partial charge < -0.3 is 18.8 Å². The lowest BCUT2D eigenvalue weighted by Crippen LogP contribution is -2.39.